The van der Waals surface area contributed by atoms with E-state index in [4.69, 9.17) is 0 Å². The van der Waals surface area contributed by atoms with Gasteiger partial charge in [-0.2, -0.15) is 0 Å². The van der Waals surface area contributed by atoms with E-state index in [2.05, 4.69) is 10.6 Å². The number of benzene rings is 4. The number of hydrogen-bond donors (Lipinski definition) is 2. The maximum Gasteiger partial charge on any atom is 0.299 e. The highest BCUT2D eigenvalue weighted by atomic mass is 16.6. The lowest BCUT2D eigenvalue weighted by Crippen LogP contribution is -2.00. The molecule has 0 bridgehead atoms. The predicted molar refractivity (Wildman–Crippen MR) is 147 cm³/mol. The number of nitro benzene ring substituents is 4. The quantitative estimate of drug-likeness (QED) is 0.162. The minimum atomic E-state index is -0.702. The van der Waals surface area contributed by atoms with Crippen LogP contribution in [-0.4, -0.2) is 19.7 Å². The maximum atomic E-state index is 11.5. The van der Waals surface area contributed by atoms with Gasteiger partial charge < -0.3 is 10.6 Å². The third-order valence-electron chi connectivity index (χ3n) is 6.10. The molecule has 14 nitrogen and oxygen atoms in total. The molecule has 0 unspecified atom stereocenters. The minimum absolute atomic E-state index is 0.109. The average molecular weight is 544 g/mol. The van der Waals surface area contributed by atoms with Gasteiger partial charge in [-0.15, -0.1) is 0 Å². The van der Waals surface area contributed by atoms with Crippen molar-refractivity contribution in [2.75, 3.05) is 10.6 Å². The van der Waals surface area contributed by atoms with Crippen LogP contribution in [0.2, 0.25) is 0 Å². The zero-order chi connectivity index (χ0) is 29.1. The van der Waals surface area contributed by atoms with Crippen LogP contribution >= 0.6 is 0 Å². The van der Waals surface area contributed by atoms with Gasteiger partial charge in [-0.3, -0.25) is 40.5 Å². The summed E-state index contributed by atoms with van der Waals surface area (Å²) in [6.07, 6.45) is 0. The van der Waals surface area contributed by atoms with Gasteiger partial charge in [0.15, 0.2) is 0 Å². The van der Waals surface area contributed by atoms with Crippen LogP contribution in [0.25, 0.3) is 11.1 Å². The van der Waals surface area contributed by atoms with E-state index < -0.39 is 31.1 Å². The predicted octanol–water partition coefficient (Wildman–Crippen LogP) is 7.09. The smallest absolute Gasteiger partial charge is 0.299 e. The number of hydrogen-bond acceptors (Lipinski definition) is 10. The van der Waals surface area contributed by atoms with Crippen LogP contribution in [0.1, 0.15) is 11.1 Å². The molecule has 14 heteroatoms. The lowest BCUT2D eigenvalue weighted by Gasteiger charge is -2.14. The molecule has 0 aliphatic carbocycles. The zero-order valence-electron chi connectivity index (χ0n) is 21.0. The average Bonchev–Trinajstić information content (AvgIpc) is 2.90. The molecule has 0 heterocycles. The van der Waals surface area contributed by atoms with E-state index in [0.717, 1.165) is 34.4 Å². The molecule has 40 heavy (non-hydrogen) atoms. The fourth-order valence-corrected chi connectivity index (χ4v) is 4.04. The summed E-state index contributed by atoms with van der Waals surface area (Å²) in [5.41, 5.74) is 2.90. The first-order valence-electron chi connectivity index (χ1n) is 11.6. The molecule has 202 valence electrons. The number of non-ortho nitro benzene ring substituents is 2. The third kappa shape index (κ3) is 5.65. The monoisotopic (exact) mass is 544 g/mol. The summed E-state index contributed by atoms with van der Waals surface area (Å²) >= 11 is 0. The van der Waals surface area contributed by atoms with E-state index in [0.29, 0.717) is 11.4 Å². The highest BCUT2D eigenvalue weighted by molar-refractivity contribution is 5.78. The van der Waals surface area contributed by atoms with Crippen molar-refractivity contribution in [1.82, 2.24) is 0 Å². The highest BCUT2D eigenvalue weighted by Crippen LogP contribution is 2.36. The van der Waals surface area contributed by atoms with Gasteiger partial charge >= 0.3 is 0 Å². The Morgan fingerprint density at radius 1 is 0.475 bits per heavy atom. The fourth-order valence-electron chi connectivity index (χ4n) is 4.04. The first-order chi connectivity index (χ1) is 18.9. The van der Waals surface area contributed by atoms with Gasteiger partial charge in [0.1, 0.15) is 11.4 Å². The van der Waals surface area contributed by atoms with Crippen molar-refractivity contribution in [3.8, 4) is 11.1 Å². The molecule has 4 rings (SSSR count). The second-order valence-electron chi connectivity index (χ2n) is 8.74. The molecule has 0 radical (unpaired) electrons. The minimum Gasteiger partial charge on any atom is -0.350 e. The lowest BCUT2D eigenvalue weighted by atomic mass is 9.99. The van der Waals surface area contributed by atoms with E-state index in [1.165, 1.54) is 24.3 Å². The number of nitrogens with one attached hydrogen (secondary N) is 2. The molecule has 0 saturated heterocycles. The summed E-state index contributed by atoms with van der Waals surface area (Å²) in [4.78, 5) is 42.1. The van der Waals surface area contributed by atoms with Crippen molar-refractivity contribution in [1.29, 1.82) is 0 Å². The number of anilines is 4. The Morgan fingerprint density at radius 2 is 0.825 bits per heavy atom. The van der Waals surface area contributed by atoms with Crippen molar-refractivity contribution in [3.05, 3.63) is 124 Å². The third-order valence-corrected chi connectivity index (χ3v) is 6.10. The Bertz CT molecular complexity index is 1580. The molecule has 4 aromatic rings. The van der Waals surface area contributed by atoms with Crippen LogP contribution in [-0.2, 0) is 0 Å². The zero-order valence-corrected chi connectivity index (χ0v) is 21.0. The molecule has 2 N–H and O–H groups in total. The molecular formula is C26H20N6O8. The number of aryl methyl sites for hydroxylation is 2. The normalized spacial score (nSPS) is 10.6. The molecule has 0 aliphatic heterocycles. The molecule has 0 atom stereocenters. The summed E-state index contributed by atoms with van der Waals surface area (Å²) in [5, 5.41) is 50.8. The van der Waals surface area contributed by atoms with Gasteiger partial charge in [0, 0.05) is 23.5 Å². The first-order valence-corrected chi connectivity index (χ1v) is 11.6. The van der Waals surface area contributed by atoms with Crippen LogP contribution in [0.3, 0.4) is 0 Å². The van der Waals surface area contributed by atoms with Crippen LogP contribution in [0.15, 0.2) is 72.8 Å². The van der Waals surface area contributed by atoms with Crippen LogP contribution in [0, 0.1) is 54.3 Å². The van der Waals surface area contributed by atoms with Crippen LogP contribution in [0.4, 0.5) is 45.5 Å². The molecule has 0 saturated carbocycles. The number of nitro groups is 4. The Morgan fingerprint density at radius 3 is 1.12 bits per heavy atom. The lowest BCUT2D eigenvalue weighted by molar-refractivity contribution is -0.393. The first kappa shape index (κ1) is 27.1. The number of nitrogens with zero attached hydrogens (tertiary/aromatic N) is 4. The number of rotatable bonds is 9. The largest absolute Gasteiger partial charge is 0.350 e. The molecule has 0 aromatic heterocycles. The van der Waals surface area contributed by atoms with Gasteiger partial charge in [-0.05, 0) is 72.5 Å². The standard InChI is InChI=1S/C26H20N6O8/c1-15-11-17(3-7-21(15)27-23-9-5-19(29(33)34)13-25(23)31(37)38)18-4-8-22(16(2)12-18)28-24-10-6-20(30(35)36)14-26(24)32(39)40/h3-14,27-28H,1-2H3. The summed E-state index contributed by atoms with van der Waals surface area (Å²) in [5.74, 6) is 0. The van der Waals surface area contributed by atoms with Crippen LogP contribution < -0.4 is 10.6 Å². The Labute approximate surface area is 225 Å². The van der Waals surface area contributed by atoms with Gasteiger partial charge in [-0.25, -0.2) is 0 Å². The summed E-state index contributed by atoms with van der Waals surface area (Å²) in [6.45, 7) is 3.61. The van der Waals surface area contributed by atoms with Crippen molar-refractivity contribution in [2.45, 2.75) is 13.8 Å². The molecule has 0 aliphatic rings. The van der Waals surface area contributed by atoms with Crippen molar-refractivity contribution < 1.29 is 19.7 Å². The second kappa shape index (κ2) is 10.8. The maximum absolute atomic E-state index is 11.5. The SMILES string of the molecule is Cc1cc(-c2ccc(Nc3ccc([N+](=O)[O-])cc3[N+](=O)[O-])c(C)c2)ccc1Nc1ccc([N+](=O)[O-])cc1[N+](=O)[O-]. The van der Waals surface area contributed by atoms with E-state index in [9.17, 15) is 40.5 Å². The Balaban J connectivity index is 1.59. The Kier molecular flexibility index (Phi) is 7.34. The molecule has 0 amide bonds. The van der Waals surface area contributed by atoms with E-state index >= 15 is 0 Å². The second-order valence-corrected chi connectivity index (χ2v) is 8.74. The summed E-state index contributed by atoms with van der Waals surface area (Å²) < 4.78 is 0. The summed E-state index contributed by atoms with van der Waals surface area (Å²) in [6, 6.07) is 17.5. The fraction of sp³-hybridized carbons (Fsp3) is 0.0769. The van der Waals surface area contributed by atoms with Gasteiger partial charge in [0.2, 0.25) is 0 Å². The molecular weight excluding hydrogens is 524 g/mol. The van der Waals surface area contributed by atoms with Crippen molar-refractivity contribution in [2.24, 2.45) is 0 Å². The van der Waals surface area contributed by atoms with Crippen molar-refractivity contribution >= 4 is 45.5 Å². The molecule has 0 fully saturated rings. The molecule has 4 aromatic carbocycles. The van der Waals surface area contributed by atoms with Crippen LogP contribution in [0.5, 0.6) is 0 Å². The van der Waals surface area contributed by atoms with E-state index in [-0.39, 0.29) is 22.7 Å². The van der Waals surface area contributed by atoms with Gasteiger partial charge in [0.25, 0.3) is 22.7 Å². The van der Waals surface area contributed by atoms with E-state index in [1.54, 1.807) is 38.1 Å². The Hall–Kier alpha value is -5.92. The van der Waals surface area contributed by atoms with Crippen molar-refractivity contribution in [3.63, 3.8) is 0 Å². The van der Waals surface area contributed by atoms with E-state index in [1.807, 2.05) is 12.1 Å². The summed E-state index contributed by atoms with van der Waals surface area (Å²) in [7, 11) is 0. The van der Waals surface area contributed by atoms with Gasteiger partial charge in [0.05, 0.1) is 31.8 Å². The molecule has 0 spiro atoms. The topological polar surface area (TPSA) is 197 Å². The highest BCUT2D eigenvalue weighted by Gasteiger charge is 2.21. The van der Waals surface area contributed by atoms with Gasteiger partial charge in [-0.1, -0.05) is 12.1 Å².